The lowest BCUT2D eigenvalue weighted by Gasteiger charge is -2.33. The van der Waals surface area contributed by atoms with Crippen LogP contribution < -0.4 is 15.4 Å². The van der Waals surface area contributed by atoms with Crippen LogP contribution in [0.4, 0.5) is 5.69 Å². The molecule has 1 unspecified atom stereocenters. The number of hydrogen-bond donors (Lipinski definition) is 1. The van der Waals surface area contributed by atoms with Crippen LogP contribution in [0.25, 0.3) is 0 Å². The Morgan fingerprint density at radius 3 is 2.22 bits per heavy atom. The van der Waals surface area contributed by atoms with E-state index in [1.807, 2.05) is 19.1 Å². The first-order valence-corrected chi connectivity index (χ1v) is 6.55. The zero-order chi connectivity index (χ0) is 13.9. The van der Waals surface area contributed by atoms with Crippen LogP contribution in [0.3, 0.4) is 0 Å². The van der Waals surface area contributed by atoms with Crippen LogP contribution in [0.15, 0.2) is 18.2 Å². The average Bonchev–Trinajstić information content (AvgIpc) is 2.35. The Kier molecular flexibility index (Phi) is 5.03. The van der Waals surface area contributed by atoms with Gasteiger partial charge >= 0.3 is 0 Å². The van der Waals surface area contributed by atoms with Crippen LogP contribution in [-0.4, -0.2) is 20.2 Å². The summed E-state index contributed by atoms with van der Waals surface area (Å²) in [6, 6.07) is 6.51. The molecule has 1 rings (SSSR count). The van der Waals surface area contributed by atoms with Gasteiger partial charge in [-0.2, -0.15) is 0 Å². The maximum absolute atomic E-state index is 6.10. The summed E-state index contributed by atoms with van der Waals surface area (Å²) < 4.78 is 5.43. The maximum Gasteiger partial charge on any atom is 0.125 e. The molecule has 0 heterocycles. The molecule has 18 heavy (non-hydrogen) atoms. The van der Waals surface area contributed by atoms with E-state index in [1.54, 1.807) is 7.11 Å². The molecule has 3 nitrogen and oxygen atoms in total. The summed E-state index contributed by atoms with van der Waals surface area (Å²) >= 11 is 0. The Morgan fingerprint density at radius 1 is 1.17 bits per heavy atom. The molecule has 2 N–H and O–H groups in total. The summed E-state index contributed by atoms with van der Waals surface area (Å²) in [5.74, 6) is 1.45. The van der Waals surface area contributed by atoms with E-state index in [-0.39, 0.29) is 6.04 Å². The molecule has 0 bridgehead atoms. The molecule has 0 aliphatic carbocycles. The van der Waals surface area contributed by atoms with E-state index < -0.39 is 0 Å². The van der Waals surface area contributed by atoms with E-state index in [2.05, 4.69) is 38.8 Å². The van der Waals surface area contributed by atoms with Gasteiger partial charge in [0.15, 0.2) is 0 Å². The minimum absolute atomic E-state index is 0.0436. The molecular formula is C15H26N2O. The number of nitrogens with two attached hydrogens (primary N) is 1. The standard InChI is InChI=1S/C15H26N2O/c1-10(2)12(4)17(5)13-8-7-9-14(18-6)15(13)11(3)16/h7-12H,16H2,1-6H3/t11-,12?/m0/s1. The second-order valence-electron chi connectivity index (χ2n) is 5.28. The highest BCUT2D eigenvalue weighted by molar-refractivity contribution is 5.60. The molecule has 0 aliphatic heterocycles. The van der Waals surface area contributed by atoms with Crippen molar-refractivity contribution in [1.82, 2.24) is 0 Å². The summed E-state index contributed by atoms with van der Waals surface area (Å²) in [6.07, 6.45) is 0. The normalized spacial score (nSPS) is 14.4. The van der Waals surface area contributed by atoms with Gasteiger partial charge in [0.05, 0.1) is 7.11 Å². The van der Waals surface area contributed by atoms with E-state index in [9.17, 15) is 0 Å². The number of ether oxygens (including phenoxy) is 1. The molecule has 0 saturated carbocycles. The zero-order valence-corrected chi connectivity index (χ0v) is 12.4. The van der Waals surface area contributed by atoms with E-state index in [1.165, 1.54) is 0 Å². The molecular weight excluding hydrogens is 224 g/mol. The predicted octanol–water partition coefficient (Wildman–Crippen LogP) is 3.20. The van der Waals surface area contributed by atoms with Gasteiger partial charge in [0.1, 0.15) is 5.75 Å². The number of anilines is 1. The monoisotopic (exact) mass is 250 g/mol. The molecule has 102 valence electrons. The molecule has 3 heteroatoms. The smallest absolute Gasteiger partial charge is 0.125 e. The van der Waals surface area contributed by atoms with E-state index in [0.717, 1.165) is 17.0 Å². The minimum atomic E-state index is -0.0436. The van der Waals surface area contributed by atoms with Crippen LogP contribution in [0.1, 0.15) is 39.3 Å². The van der Waals surface area contributed by atoms with Crippen LogP contribution in [-0.2, 0) is 0 Å². The number of hydrogen-bond acceptors (Lipinski definition) is 3. The highest BCUT2D eigenvalue weighted by Gasteiger charge is 2.20. The fourth-order valence-electron chi connectivity index (χ4n) is 2.14. The van der Waals surface area contributed by atoms with Gasteiger partial charge in [-0.3, -0.25) is 0 Å². The lowest BCUT2D eigenvalue weighted by Crippen LogP contribution is -2.34. The van der Waals surface area contributed by atoms with Gasteiger partial charge in [-0.15, -0.1) is 0 Å². The van der Waals surface area contributed by atoms with Crippen molar-refractivity contribution in [2.45, 2.75) is 39.8 Å². The van der Waals surface area contributed by atoms with E-state index >= 15 is 0 Å². The highest BCUT2D eigenvalue weighted by atomic mass is 16.5. The fraction of sp³-hybridized carbons (Fsp3) is 0.600. The number of methoxy groups -OCH3 is 1. The van der Waals surface area contributed by atoms with Crippen molar-refractivity contribution in [3.05, 3.63) is 23.8 Å². The summed E-state index contributed by atoms with van der Waals surface area (Å²) in [5, 5.41) is 0. The Balaban J connectivity index is 3.23. The van der Waals surface area contributed by atoms with Gasteiger partial charge in [0.2, 0.25) is 0 Å². The molecule has 0 aromatic heterocycles. The maximum atomic E-state index is 6.10. The highest BCUT2D eigenvalue weighted by Crippen LogP contribution is 2.34. The van der Waals surface area contributed by atoms with Gasteiger partial charge in [0.25, 0.3) is 0 Å². The SMILES string of the molecule is COc1cccc(N(C)C(C)C(C)C)c1[C@H](C)N. The Labute approximate surface area is 111 Å². The second kappa shape index (κ2) is 6.10. The predicted molar refractivity (Wildman–Crippen MR) is 78.3 cm³/mol. The lowest BCUT2D eigenvalue weighted by molar-refractivity contribution is 0.406. The largest absolute Gasteiger partial charge is 0.496 e. The van der Waals surface area contributed by atoms with Gasteiger partial charge in [-0.05, 0) is 31.9 Å². The summed E-state index contributed by atoms with van der Waals surface area (Å²) in [5.41, 5.74) is 8.33. The Bertz CT molecular complexity index is 388. The molecule has 1 aromatic carbocycles. The van der Waals surface area contributed by atoms with Crippen molar-refractivity contribution >= 4 is 5.69 Å². The molecule has 0 fully saturated rings. The summed E-state index contributed by atoms with van der Waals surface area (Å²) in [6.45, 7) is 8.68. The first-order valence-electron chi connectivity index (χ1n) is 6.55. The number of rotatable bonds is 5. The molecule has 0 radical (unpaired) electrons. The summed E-state index contributed by atoms with van der Waals surface area (Å²) in [4.78, 5) is 2.28. The first-order chi connectivity index (χ1) is 8.40. The number of nitrogens with zero attached hydrogens (tertiary/aromatic N) is 1. The van der Waals surface area contributed by atoms with E-state index in [0.29, 0.717) is 12.0 Å². The van der Waals surface area contributed by atoms with Crippen molar-refractivity contribution in [1.29, 1.82) is 0 Å². The quantitative estimate of drug-likeness (QED) is 0.872. The van der Waals surface area contributed by atoms with E-state index in [4.69, 9.17) is 10.5 Å². The fourth-order valence-corrected chi connectivity index (χ4v) is 2.14. The van der Waals surface area contributed by atoms with Crippen LogP contribution in [0.2, 0.25) is 0 Å². The molecule has 1 aromatic rings. The van der Waals surface area contributed by atoms with Crippen molar-refractivity contribution in [3.63, 3.8) is 0 Å². The average molecular weight is 250 g/mol. The van der Waals surface area contributed by atoms with Gasteiger partial charge in [-0.1, -0.05) is 19.9 Å². The molecule has 0 aliphatic rings. The molecule has 0 saturated heterocycles. The van der Waals surface area contributed by atoms with Crippen LogP contribution >= 0.6 is 0 Å². The molecule has 0 amide bonds. The second-order valence-corrected chi connectivity index (χ2v) is 5.28. The first kappa shape index (κ1) is 14.8. The van der Waals surface area contributed by atoms with Gasteiger partial charge < -0.3 is 15.4 Å². The Morgan fingerprint density at radius 2 is 1.78 bits per heavy atom. The molecule has 2 atom stereocenters. The van der Waals surface area contributed by atoms with Crippen molar-refractivity contribution in [2.24, 2.45) is 11.7 Å². The third-order valence-electron chi connectivity index (χ3n) is 3.67. The van der Waals surface area contributed by atoms with Crippen LogP contribution in [0, 0.1) is 5.92 Å². The third kappa shape index (κ3) is 2.96. The van der Waals surface area contributed by atoms with Gasteiger partial charge in [-0.25, -0.2) is 0 Å². The minimum Gasteiger partial charge on any atom is -0.496 e. The van der Waals surface area contributed by atoms with Crippen molar-refractivity contribution in [3.8, 4) is 5.75 Å². The van der Waals surface area contributed by atoms with Gasteiger partial charge in [0, 0.05) is 30.4 Å². The Hall–Kier alpha value is -1.22. The summed E-state index contributed by atoms with van der Waals surface area (Å²) in [7, 11) is 3.81. The molecule has 0 spiro atoms. The van der Waals surface area contributed by atoms with Crippen molar-refractivity contribution < 1.29 is 4.74 Å². The zero-order valence-electron chi connectivity index (χ0n) is 12.4. The van der Waals surface area contributed by atoms with Crippen LogP contribution in [0.5, 0.6) is 5.75 Å². The third-order valence-corrected chi connectivity index (χ3v) is 3.67. The number of benzene rings is 1. The van der Waals surface area contributed by atoms with Crippen molar-refractivity contribution in [2.75, 3.05) is 19.1 Å². The topological polar surface area (TPSA) is 38.5 Å². The lowest BCUT2D eigenvalue weighted by atomic mass is 10.00.